The smallest absolute Gasteiger partial charge is 0.109 e. The van der Waals surface area contributed by atoms with Crippen LogP contribution in [0, 0.1) is 11.8 Å². The summed E-state index contributed by atoms with van der Waals surface area (Å²) in [5, 5.41) is 47.5. The molecule has 2 heterocycles. The number of fused-ring (bicyclic) bond motifs is 2. The number of piperidine rings is 1. The first-order chi connectivity index (χ1) is 13.5. The average molecular weight is 396 g/mol. The molecule has 4 rings (SSSR count). The van der Waals surface area contributed by atoms with E-state index in [1.807, 2.05) is 11.1 Å². The van der Waals surface area contributed by atoms with Crippen LogP contribution in [0.5, 0.6) is 0 Å². The number of hydrogen-bond donors (Lipinski definition) is 4. The van der Waals surface area contributed by atoms with E-state index < -0.39 is 24.4 Å². The summed E-state index contributed by atoms with van der Waals surface area (Å²) in [6.45, 7) is 1.68. The summed E-state index contributed by atoms with van der Waals surface area (Å²) in [6, 6.07) is -0.570. The van der Waals surface area contributed by atoms with Gasteiger partial charge in [0.1, 0.15) is 17.9 Å². The molecule has 9 nitrogen and oxygen atoms in total. The summed E-state index contributed by atoms with van der Waals surface area (Å²) in [4.78, 5) is 1.82. The zero-order valence-corrected chi connectivity index (χ0v) is 16.2. The second-order valence-corrected chi connectivity index (χ2v) is 8.64. The minimum absolute atomic E-state index is 0.226. The van der Waals surface area contributed by atoms with Crippen LogP contribution in [0.1, 0.15) is 37.8 Å². The van der Waals surface area contributed by atoms with Gasteiger partial charge in [-0.3, -0.25) is 9.58 Å². The molecule has 1 saturated heterocycles. The van der Waals surface area contributed by atoms with Crippen LogP contribution >= 0.6 is 0 Å². The summed E-state index contributed by atoms with van der Waals surface area (Å²) < 4.78 is 7.84. The Bertz CT molecular complexity index is 644. The Kier molecular flexibility index (Phi) is 6.29. The van der Waals surface area contributed by atoms with Crippen molar-refractivity contribution >= 4 is 0 Å². The maximum Gasteiger partial charge on any atom is 0.109 e. The molecule has 1 aromatic heterocycles. The van der Waals surface area contributed by atoms with Crippen molar-refractivity contribution in [1.29, 1.82) is 0 Å². The molecule has 3 aliphatic rings. The van der Waals surface area contributed by atoms with Crippen LogP contribution in [0.3, 0.4) is 0 Å². The number of rotatable bonds is 8. The monoisotopic (exact) mass is 396 g/mol. The number of nitrogens with zero attached hydrogens (tertiary/aromatic N) is 4. The van der Waals surface area contributed by atoms with Gasteiger partial charge in [0.05, 0.1) is 37.7 Å². The van der Waals surface area contributed by atoms with E-state index in [-0.39, 0.29) is 13.2 Å². The van der Waals surface area contributed by atoms with Crippen LogP contribution in [0.25, 0.3) is 0 Å². The molecular formula is C19H32N4O5. The molecule has 9 heteroatoms. The molecule has 1 aromatic rings. The van der Waals surface area contributed by atoms with Crippen molar-refractivity contribution in [2.24, 2.45) is 11.8 Å². The van der Waals surface area contributed by atoms with Crippen molar-refractivity contribution in [3.05, 3.63) is 11.9 Å². The normalized spacial score (nSPS) is 38.4. The minimum atomic E-state index is -1.22. The molecule has 3 fully saturated rings. The number of aromatic nitrogens is 3. The first-order valence-corrected chi connectivity index (χ1v) is 10.4. The van der Waals surface area contributed by atoms with Crippen LogP contribution in [-0.4, -0.2) is 90.5 Å². The molecule has 0 unspecified atom stereocenters. The van der Waals surface area contributed by atoms with Crippen LogP contribution < -0.4 is 0 Å². The Hall–Kier alpha value is -1.10. The Morgan fingerprint density at radius 3 is 2.68 bits per heavy atom. The number of aryl methyl sites for hydroxylation is 1. The number of ether oxygens (including phenoxy) is 1. The number of likely N-dealkylation sites (tertiary alicyclic amines) is 1. The molecule has 7 atom stereocenters. The molecule has 0 aromatic carbocycles. The Morgan fingerprint density at radius 2 is 1.96 bits per heavy atom. The maximum atomic E-state index is 10.0. The number of aliphatic hydroxyl groups excluding tert-OH is 4. The van der Waals surface area contributed by atoms with Gasteiger partial charge < -0.3 is 25.2 Å². The van der Waals surface area contributed by atoms with Gasteiger partial charge in [-0.2, -0.15) is 0 Å². The third-order valence-electron chi connectivity index (χ3n) is 6.75. The van der Waals surface area contributed by atoms with Gasteiger partial charge in [-0.1, -0.05) is 5.21 Å². The fourth-order valence-corrected chi connectivity index (χ4v) is 5.17. The molecular weight excluding hydrogens is 364 g/mol. The van der Waals surface area contributed by atoms with Gasteiger partial charge in [0.2, 0.25) is 0 Å². The lowest BCUT2D eigenvalue weighted by Gasteiger charge is -2.43. The lowest BCUT2D eigenvalue weighted by Crippen LogP contribution is -2.62. The summed E-state index contributed by atoms with van der Waals surface area (Å²) in [5.74, 6) is 1.59. The number of hydrogen-bond acceptors (Lipinski definition) is 8. The lowest BCUT2D eigenvalue weighted by molar-refractivity contribution is -0.145. The fourth-order valence-electron chi connectivity index (χ4n) is 5.17. The first kappa shape index (κ1) is 20.2. The Labute approximate surface area is 164 Å². The molecule has 28 heavy (non-hydrogen) atoms. The van der Waals surface area contributed by atoms with E-state index in [1.165, 1.54) is 25.7 Å². The second-order valence-electron chi connectivity index (χ2n) is 8.64. The summed E-state index contributed by atoms with van der Waals surface area (Å²) in [5.41, 5.74) is 0.836. The van der Waals surface area contributed by atoms with Gasteiger partial charge in [-0.05, 0) is 43.9 Å². The fraction of sp³-hybridized carbons (Fsp3) is 0.895. The third kappa shape index (κ3) is 4.24. The average Bonchev–Trinajstić information content (AvgIpc) is 3.42. The van der Waals surface area contributed by atoms with Gasteiger partial charge in [0.15, 0.2) is 0 Å². The van der Waals surface area contributed by atoms with Crippen molar-refractivity contribution < 1.29 is 25.2 Å². The second kappa shape index (κ2) is 8.73. The van der Waals surface area contributed by atoms with Crippen molar-refractivity contribution in [3.63, 3.8) is 0 Å². The maximum absolute atomic E-state index is 10.0. The lowest BCUT2D eigenvalue weighted by atomic mass is 9.94. The molecule has 4 N–H and O–H groups in total. The Balaban J connectivity index is 1.21. The highest BCUT2D eigenvalue weighted by Gasteiger charge is 2.41. The van der Waals surface area contributed by atoms with Crippen LogP contribution in [0.15, 0.2) is 6.20 Å². The zero-order chi connectivity index (χ0) is 19.7. The molecule has 2 aliphatic carbocycles. The SMILES string of the molecule is OC[C@@H]1[C@@H](O)[C@H](O)[C@@H](O)CN1CCCn1cc(CO[C@H]2C[C@@H]3CC[C@H]2C3)nn1. The van der Waals surface area contributed by atoms with Gasteiger partial charge in [0.25, 0.3) is 0 Å². The molecule has 2 bridgehead atoms. The Morgan fingerprint density at radius 1 is 1.11 bits per heavy atom. The minimum Gasteiger partial charge on any atom is -0.395 e. The van der Waals surface area contributed by atoms with Gasteiger partial charge >= 0.3 is 0 Å². The number of β-amino-alcohol motifs (C(OH)–C–C–N with tert-alkyl or cyclic N) is 1. The number of aliphatic hydroxyl groups is 4. The molecule has 0 amide bonds. The van der Waals surface area contributed by atoms with Crippen molar-refractivity contribution in [1.82, 2.24) is 19.9 Å². The van der Waals surface area contributed by atoms with E-state index >= 15 is 0 Å². The quantitative estimate of drug-likeness (QED) is 0.447. The van der Waals surface area contributed by atoms with Crippen LogP contribution in [-0.2, 0) is 17.9 Å². The van der Waals surface area contributed by atoms with E-state index in [2.05, 4.69) is 10.3 Å². The van der Waals surface area contributed by atoms with E-state index in [0.717, 1.165) is 24.0 Å². The first-order valence-electron chi connectivity index (χ1n) is 10.4. The van der Waals surface area contributed by atoms with Gasteiger partial charge in [-0.15, -0.1) is 5.10 Å². The molecule has 1 aliphatic heterocycles. The predicted molar refractivity (Wildman–Crippen MR) is 99.1 cm³/mol. The highest BCUT2D eigenvalue weighted by Crippen LogP contribution is 2.46. The predicted octanol–water partition coefficient (Wildman–Crippen LogP) is -0.867. The van der Waals surface area contributed by atoms with Crippen LogP contribution in [0.2, 0.25) is 0 Å². The van der Waals surface area contributed by atoms with Crippen LogP contribution in [0.4, 0.5) is 0 Å². The van der Waals surface area contributed by atoms with E-state index in [4.69, 9.17) is 4.74 Å². The van der Waals surface area contributed by atoms with E-state index in [9.17, 15) is 20.4 Å². The van der Waals surface area contributed by atoms with Crippen molar-refractivity contribution in [2.45, 2.75) is 75.7 Å². The van der Waals surface area contributed by atoms with E-state index in [1.54, 1.807) is 4.68 Å². The van der Waals surface area contributed by atoms with Gasteiger partial charge in [-0.25, -0.2) is 0 Å². The molecule has 158 valence electrons. The summed E-state index contributed by atoms with van der Waals surface area (Å²) >= 11 is 0. The largest absolute Gasteiger partial charge is 0.395 e. The van der Waals surface area contributed by atoms with Gasteiger partial charge in [0, 0.05) is 19.6 Å². The molecule has 2 saturated carbocycles. The molecule has 0 spiro atoms. The third-order valence-corrected chi connectivity index (χ3v) is 6.75. The molecule has 0 radical (unpaired) electrons. The standard InChI is InChI=1S/C19H32N4O5/c24-10-15-18(26)19(27)16(25)9-22(15)4-1-5-23-8-14(20-21-23)11-28-17-7-12-2-3-13(17)6-12/h8,12-13,15-19,24-27H,1-7,9-11H2/t12-,13+,15-,16+,17+,18-,19-/m1/s1. The van der Waals surface area contributed by atoms with Crippen molar-refractivity contribution in [2.75, 3.05) is 19.7 Å². The van der Waals surface area contributed by atoms with E-state index in [0.29, 0.717) is 25.8 Å². The highest BCUT2D eigenvalue weighted by molar-refractivity contribution is 4.95. The van der Waals surface area contributed by atoms with Crippen molar-refractivity contribution in [3.8, 4) is 0 Å². The highest BCUT2D eigenvalue weighted by atomic mass is 16.5. The topological polar surface area (TPSA) is 124 Å². The summed E-state index contributed by atoms with van der Waals surface area (Å²) in [6.07, 6.45) is 4.79. The summed E-state index contributed by atoms with van der Waals surface area (Å²) in [7, 11) is 0. The zero-order valence-electron chi connectivity index (χ0n) is 16.2.